The van der Waals surface area contributed by atoms with Crippen molar-refractivity contribution in [2.45, 2.75) is 26.2 Å². The topological polar surface area (TPSA) is 218 Å². The molecular weight excluding hydrogens is 1110 g/mol. The molecule has 412 valence electrons. The first-order chi connectivity index (χ1) is 38.3. The SMILES string of the molecule is COC(=O)c1ccc(-c2ccccc2)cc1CS(=O)(=O)c1ccccc1.COC(=O)c1ccc(-c2ccccc2)cc1N.CP.O=C(O)c1ccc(-c2ccccc2)cc1CS(=O)(=O)c1ccccc1.O=S(=O)(Cl)c1ccccc1. The second kappa shape index (κ2) is 30.2. The summed E-state index contributed by atoms with van der Waals surface area (Å²) in [5, 5.41) is 9.40. The lowest BCUT2D eigenvalue weighted by molar-refractivity contribution is 0.0592. The van der Waals surface area contributed by atoms with Gasteiger partial charge in [-0.2, -0.15) is 0 Å². The molecule has 18 heteroatoms. The van der Waals surface area contributed by atoms with Gasteiger partial charge in [-0.3, -0.25) is 0 Å². The molecular formula is C62H57ClNO12PS3. The zero-order chi connectivity index (χ0) is 58.3. The Bertz CT molecular complexity index is 3830. The summed E-state index contributed by atoms with van der Waals surface area (Å²) in [6.45, 7) is 1.92. The standard InChI is InChI=1S/C21H18O4S.C20H16O4S.C14H13NO2.C6H5ClO2S.CH5P/c1-25-21(22)20-13-12-17(16-8-4-2-5-9-16)14-18(20)15-26(23,24)19-10-6-3-7-11-19;21-20(22)19-12-11-16(15-7-3-1-4-8-15)13-17(19)14-25(23,24)18-9-5-2-6-10-18;1-17-14(16)12-8-7-11(9-13(12)15)10-5-3-2-4-6-10;7-10(8,9)6-4-2-1-3-5-6;1-2/h2-14H,15H2,1H3;1-13H,14H2,(H,21,22);2-9H,15H2,1H3;1-5H;2H2,1H3. The van der Waals surface area contributed by atoms with Crippen LogP contribution in [-0.4, -0.2) is 69.2 Å². The van der Waals surface area contributed by atoms with Crippen molar-refractivity contribution in [3.63, 3.8) is 0 Å². The van der Waals surface area contributed by atoms with Gasteiger partial charge in [-0.05, 0) is 117 Å². The molecule has 0 aromatic heterocycles. The Morgan fingerprint density at radius 1 is 0.412 bits per heavy atom. The van der Waals surface area contributed by atoms with Crippen LogP contribution in [0.3, 0.4) is 0 Å². The van der Waals surface area contributed by atoms with Crippen molar-refractivity contribution >= 4 is 72.2 Å². The number of hydrogen-bond acceptors (Lipinski definition) is 12. The van der Waals surface area contributed by atoms with E-state index in [0.29, 0.717) is 16.8 Å². The van der Waals surface area contributed by atoms with Gasteiger partial charge in [0.1, 0.15) is 0 Å². The molecule has 1 atom stereocenters. The van der Waals surface area contributed by atoms with Crippen molar-refractivity contribution in [3.05, 3.63) is 264 Å². The minimum absolute atomic E-state index is 0.000753. The highest BCUT2D eigenvalue weighted by atomic mass is 35.7. The Hall–Kier alpha value is -8.24. The fourth-order valence-electron chi connectivity index (χ4n) is 7.65. The predicted molar refractivity (Wildman–Crippen MR) is 319 cm³/mol. The number of esters is 2. The van der Waals surface area contributed by atoms with Gasteiger partial charge in [-0.1, -0.05) is 170 Å². The molecule has 0 aliphatic heterocycles. The minimum Gasteiger partial charge on any atom is -0.478 e. The molecule has 0 bridgehead atoms. The number of rotatable bonds is 13. The highest BCUT2D eigenvalue weighted by Gasteiger charge is 2.22. The average Bonchev–Trinajstić information content (AvgIpc) is 3.54. The monoisotopic (exact) mass is 1170 g/mol. The van der Waals surface area contributed by atoms with E-state index >= 15 is 0 Å². The first-order valence-electron chi connectivity index (χ1n) is 24.2. The van der Waals surface area contributed by atoms with Crippen molar-refractivity contribution in [2.24, 2.45) is 0 Å². The number of methoxy groups -OCH3 is 2. The number of benzene rings is 9. The van der Waals surface area contributed by atoms with Crippen LogP contribution in [0.25, 0.3) is 33.4 Å². The van der Waals surface area contributed by atoms with E-state index in [2.05, 4.69) is 14.0 Å². The lowest BCUT2D eigenvalue weighted by Crippen LogP contribution is -2.11. The van der Waals surface area contributed by atoms with Gasteiger partial charge in [0.2, 0.25) is 0 Å². The Morgan fingerprint density at radius 3 is 1.01 bits per heavy atom. The van der Waals surface area contributed by atoms with Crippen LogP contribution in [0.15, 0.2) is 251 Å². The summed E-state index contributed by atoms with van der Waals surface area (Å²) >= 11 is 0. The summed E-state index contributed by atoms with van der Waals surface area (Å²) in [7, 11) is -0.678. The van der Waals surface area contributed by atoms with E-state index in [1.54, 1.807) is 109 Å². The number of carboxylic acid groups (broad SMARTS) is 1. The first-order valence-corrected chi connectivity index (χ1v) is 30.9. The predicted octanol–water partition coefficient (Wildman–Crippen LogP) is 13.0. The fourth-order valence-corrected chi connectivity index (χ4v) is 11.2. The zero-order valence-corrected chi connectivity index (χ0v) is 48.0. The molecule has 0 aliphatic carbocycles. The molecule has 0 saturated heterocycles. The third-order valence-electron chi connectivity index (χ3n) is 11.5. The van der Waals surface area contributed by atoms with E-state index in [0.717, 1.165) is 33.4 Å². The van der Waals surface area contributed by atoms with Gasteiger partial charge in [-0.25, -0.2) is 39.6 Å². The molecule has 0 fully saturated rings. The van der Waals surface area contributed by atoms with E-state index in [4.69, 9.17) is 21.2 Å². The number of carbonyl (C=O) groups is 3. The number of nitrogen functional groups attached to an aromatic ring is 1. The zero-order valence-electron chi connectivity index (χ0n) is 43.6. The second-order valence-electron chi connectivity index (χ2n) is 16.8. The van der Waals surface area contributed by atoms with Crippen LogP contribution in [0.2, 0.25) is 0 Å². The van der Waals surface area contributed by atoms with E-state index in [1.165, 1.54) is 44.6 Å². The van der Waals surface area contributed by atoms with E-state index in [9.17, 15) is 44.7 Å². The molecule has 0 radical (unpaired) electrons. The van der Waals surface area contributed by atoms with E-state index < -0.39 is 46.6 Å². The molecule has 9 rings (SSSR count). The summed E-state index contributed by atoms with van der Waals surface area (Å²) in [5.41, 5.74) is 13.1. The maximum atomic E-state index is 12.8. The summed E-state index contributed by atoms with van der Waals surface area (Å²) in [4.78, 5) is 35.5. The lowest BCUT2D eigenvalue weighted by atomic mass is 10.00. The molecule has 80 heavy (non-hydrogen) atoms. The lowest BCUT2D eigenvalue weighted by Gasteiger charge is -2.12. The van der Waals surface area contributed by atoms with Gasteiger partial charge in [0.15, 0.2) is 19.7 Å². The number of carbonyl (C=O) groups excluding carboxylic acids is 2. The van der Waals surface area contributed by atoms with Crippen molar-refractivity contribution < 1.29 is 54.2 Å². The van der Waals surface area contributed by atoms with Crippen LogP contribution in [-0.2, 0) is 49.7 Å². The largest absolute Gasteiger partial charge is 0.478 e. The summed E-state index contributed by atoms with van der Waals surface area (Å²) in [6.07, 6.45) is 0. The summed E-state index contributed by atoms with van der Waals surface area (Å²) in [5.74, 6) is -2.75. The van der Waals surface area contributed by atoms with Gasteiger partial charge >= 0.3 is 17.9 Å². The molecule has 0 aliphatic rings. The second-order valence-corrected chi connectivity index (χ2v) is 23.4. The molecule has 0 heterocycles. The smallest absolute Gasteiger partial charge is 0.339 e. The van der Waals surface area contributed by atoms with Crippen LogP contribution in [0.1, 0.15) is 42.2 Å². The third-order valence-corrected chi connectivity index (χ3v) is 16.3. The van der Waals surface area contributed by atoms with Gasteiger partial charge in [-0.15, -0.1) is 9.24 Å². The van der Waals surface area contributed by atoms with Crippen LogP contribution in [0.4, 0.5) is 5.69 Å². The van der Waals surface area contributed by atoms with Gasteiger partial charge in [0.25, 0.3) is 9.05 Å². The highest BCUT2D eigenvalue weighted by molar-refractivity contribution is 8.13. The summed E-state index contributed by atoms with van der Waals surface area (Å²) in [6, 6.07) is 68.2. The Balaban J connectivity index is 0.000000203. The normalized spacial score (nSPS) is 10.7. The van der Waals surface area contributed by atoms with Crippen LogP contribution in [0.5, 0.6) is 0 Å². The van der Waals surface area contributed by atoms with Crippen molar-refractivity contribution in [1.82, 2.24) is 0 Å². The van der Waals surface area contributed by atoms with Crippen LogP contribution >= 0.6 is 19.9 Å². The highest BCUT2D eigenvalue weighted by Crippen LogP contribution is 2.29. The maximum absolute atomic E-state index is 12.8. The Labute approximate surface area is 474 Å². The van der Waals surface area contributed by atoms with Crippen LogP contribution in [0, 0.1) is 0 Å². The number of nitrogens with two attached hydrogens (primary N) is 1. The molecule has 0 amide bonds. The first kappa shape index (κ1) is 62.6. The Kier molecular flexibility index (Phi) is 23.6. The van der Waals surface area contributed by atoms with Crippen molar-refractivity contribution in [1.29, 1.82) is 0 Å². The van der Waals surface area contributed by atoms with Crippen molar-refractivity contribution in [2.75, 3.05) is 26.6 Å². The number of carboxylic acids is 1. The van der Waals surface area contributed by atoms with Gasteiger partial charge in [0, 0.05) is 16.4 Å². The Morgan fingerprint density at radius 2 is 0.700 bits per heavy atom. The molecule has 9 aromatic carbocycles. The number of halogens is 1. The third kappa shape index (κ3) is 18.2. The maximum Gasteiger partial charge on any atom is 0.339 e. The fraction of sp³-hybridized carbons (Fsp3) is 0.0806. The molecule has 0 spiro atoms. The number of sulfone groups is 2. The molecule has 13 nitrogen and oxygen atoms in total. The van der Waals surface area contributed by atoms with Gasteiger partial charge in [0.05, 0.1) is 57.1 Å². The quantitative estimate of drug-likeness (QED) is 0.0476. The number of aromatic carboxylic acids is 1. The van der Waals surface area contributed by atoms with E-state index in [-0.39, 0.29) is 42.9 Å². The molecule has 0 saturated carbocycles. The van der Waals surface area contributed by atoms with E-state index in [1.807, 2.05) is 104 Å². The average molecular weight is 1170 g/mol. The number of hydrogen-bond donors (Lipinski definition) is 2. The van der Waals surface area contributed by atoms with Gasteiger partial charge < -0.3 is 20.3 Å². The number of anilines is 1. The molecule has 3 N–H and O–H groups in total. The summed E-state index contributed by atoms with van der Waals surface area (Å²) < 4.78 is 81.4. The van der Waals surface area contributed by atoms with Crippen molar-refractivity contribution in [3.8, 4) is 33.4 Å². The molecule has 1 unspecified atom stereocenters. The molecule has 9 aromatic rings. The minimum atomic E-state index is -3.63. The number of ether oxygens (including phenoxy) is 2. The van der Waals surface area contributed by atoms with Crippen LogP contribution < -0.4 is 5.73 Å².